The fourth-order valence-electron chi connectivity index (χ4n) is 5.90. The Kier molecular flexibility index (Phi) is 27.7. The van der Waals surface area contributed by atoms with E-state index in [1.807, 2.05) is 20.8 Å². The molecule has 0 saturated carbocycles. The zero-order valence-corrected chi connectivity index (χ0v) is 45.0. The van der Waals surface area contributed by atoms with Crippen LogP contribution in [0.3, 0.4) is 0 Å². The normalized spacial score (nSPS) is 20.5. The lowest BCUT2D eigenvalue weighted by Gasteiger charge is -2.35. The number of carboxylic acids is 3. The molecule has 4 atom stereocenters. The Hall–Kier alpha value is -5.37. The summed E-state index contributed by atoms with van der Waals surface area (Å²) in [5.74, 6) is -4.25. The number of carbonyl (C=O) groups excluding carboxylic acids is 6. The quantitative estimate of drug-likeness (QED) is 0.167. The predicted octanol–water partition coefficient (Wildman–Crippen LogP) is 3.74. The lowest BCUT2D eigenvalue weighted by Crippen LogP contribution is -2.54. The van der Waals surface area contributed by atoms with Crippen LogP contribution in [0.5, 0.6) is 0 Å². The van der Waals surface area contributed by atoms with Crippen LogP contribution in [0.2, 0.25) is 0 Å². The first-order chi connectivity index (χ1) is 32.7. The van der Waals surface area contributed by atoms with Gasteiger partial charge in [0.15, 0.2) is 17.9 Å². The minimum atomic E-state index is -1.08. The van der Waals surface area contributed by atoms with E-state index in [2.05, 4.69) is 5.32 Å². The van der Waals surface area contributed by atoms with Gasteiger partial charge in [-0.05, 0) is 104 Å². The molecule has 0 aromatic heterocycles. The van der Waals surface area contributed by atoms with Crippen LogP contribution in [-0.2, 0) is 71.4 Å². The molecule has 4 fully saturated rings. The second-order valence-corrected chi connectivity index (χ2v) is 21.3. The maximum atomic E-state index is 12.3. The Morgan fingerprint density at radius 1 is 0.458 bits per heavy atom. The van der Waals surface area contributed by atoms with Crippen LogP contribution in [0.15, 0.2) is 0 Å². The van der Waals surface area contributed by atoms with E-state index in [9.17, 15) is 43.2 Å². The summed E-state index contributed by atoms with van der Waals surface area (Å²) in [6.45, 7) is 31.1. The number of Topliss-reactive ketones (excluding diaryl/α,β-unsaturated/α-hetero) is 1. The Labute approximate surface area is 422 Å². The van der Waals surface area contributed by atoms with E-state index in [-0.39, 0.29) is 57.6 Å². The monoisotopic (exact) mass is 1040 g/mol. The molecule has 0 aliphatic carbocycles. The fraction of sp³-hybridized carbons (Fsp3) is 0.809. The van der Waals surface area contributed by atoms with E-state index in [1.54, 1.807) is 83.1 Å². The summed E-state index contributed by atoms with van der Waals surface area (Å²) in [5, 5.41) is 29.0. The number of aliphatic carboxylic acids is 3. The van der Waals surface area contributed by atoms with E-state index in [0.29, 0.717) is 33.0 Å². The van der Waals surface area contributed by atoms with Gasteiger partial charge in [0, 0.05) is 33.1 Å². The third-order valence-electron chi connectivity index (χ3n) is 8.62. The topological polar surface area (TPSA) is 319 Å². The van der Waals surface area contributed by atoms with Gasteiger partial charge in [-0.25, -0.2) is 24.0 Å². The molecular weight excluding hydrogens is 957 g/mol. The van der Waals surface area contributed by atoms with Crippen molar-refractivity contribution in [2.45, 2.75) is 169 Å². The van der Waals surface area contributed by atoms with Gasteiger partial charge < -0.3 is 63.3 Å². The van der Waals surface area contributed by atoms with Crippen molar-refractivity contribution >= 4 is 53.9 Å². The third-order valence-corrected chi connectivity index (χ3v) is 8.62. The molecule has 4 aliphatic heterocycles. The number of carboxylic acid groups (broad SMARTS) is 3. The molecule has 0 radical (unpaired) electrons. The van der Waals surface area contributed by atoms with E-state index >= 15 is 0 Å². The highest BCUT2D eigenvalue weighted by molar-refractivity contribution is 6.00. The largest absolute Gasteiger partial charge is 0.480 e. The third kappa shape index (κ3) is 30.5. The highest BCUT2D eigenvalue weighted by Crippen LogP contribution is 2.19. The molecule has 0 aromatic rings. The van der Waals surface area contributed by atoms with Gasteiger partial charge in [0.2, 0.25) is 0 Å². The number of morpholine rings is 4. The number of nitrogens with zero attached hydrogens (tertiary/aromatic N) is 3. The summed E-state index contributed by atoms with van der Waals surface area (Å²) in [6.07, 6.45) is -2.19. The van der Waals surface area contributed by atoms with Crippen LogP contribution in [0.1, 0.15) is 117 Å². The van der Waals surface area contributed by atoms with Gasteiger partial charge in [0.05, 0.1) is 52.9 Å². The number of nitrogens with one attached hydrogen (secondary N) is 1. The van der Waals surface area contributed by atoms with Gasteiger partial charge in [-0.1, -0.05) is 0 Å². The molecule has 4 heterocycles. The Balaban J connectivity index is 0.000000918. The molecule has 0 aromatic carbocycles. The second-order valence-electron chi connectivity index (χ2n) is 21.3. The molecule has 0 unspecified atom stereocenters. The van der Waals surface area contributed by atoms with Crippen LogP contribution >= 0.6 is 0 Å². The van der Waals surface area contributed by atoms with Gasteiger partial charge in [0.1, 0.15) is 46.5 Å². The molecule has 25 nitrogen and oxygen atoms in total. The summed E-state index contributed by atoms with van der Waals surface area (Å²) < 4.78 is 45.7. The summed E-state index contributed by atoms with van der Waals surface area (Å²) in [4.78, 5) is 106. The summed E-state index contributed by atoms with van der Waals surface area (Å²) in [6, 6.07) is -3.24. The minimum Gasteiger partial charge on any atom is -0.480 e. The molecular formula is C47H82N4O21. The van der Waals surface area contributed by atoms with Crippen molar-refractivity contribution in [3.05, 3.63) is 0 Å². The van der Waals surface area contributed by atoms with Gasteiger partial charge in [-0.15, -0.1) is 0 Å². The molecule has 25 heteroatoms. The number of ether oxygens (including phenoxy) is 9. The van der Waals surface area contributed by atoms with Crippen LogP contribution in [-0.4, -0.2) is 215 Å². The van der Waals surface area contributed by atoms with Crippen LogP contribution in [0.4, 0.5) is 14.4 Å². The number of carbonyl (C=O) groups is 9. The van der Waals surface area contributed by atoms with Crippen molar-refractivity contribution in [3.8, 4) is 0 Å². The highest BCUT2D eigenvalue weighted by Gasteiger charge is 2.38. The number of esters is 2. The van der Waals surface area contributed by atoms with Crippen LogP contribution < -0.4 is 5.32 Å². The first-order valence-corrected chi connectivity index (χ1v) is 23.4. The highest BCUT2D eigenvalue weighted by atomic mass is 16.6. The molecule has 4 aliphatic rings. The standard InChI is InChI=1S/C16H27NO6.2C10H17NO5.C6H12O2.C5H9NO3/c1-15(2,3)22-13(19)9-12(18)11-10-21-8-7-17(11)14(20)23-16(4,5)6;2*1-10(2,3)16-9(14)11-4-5-15-6-7(11)8(12)13;1-5(7)8-6(2,3)4;7-5(8)4-3-9-2-1-6-4/h11H,7-10H2,1-6H3;2*7H,4-6H2,1-3H3,(H,12,13);1-4H3;4,6H,1-3H2,(H,7,8)/t11-;2*7-;;4-/m000.0/s1. The van der Waals surface area contributed by atoms with E-state index < -0.39 is 101 Å². The zero-order chi connectivity index (χ0) is 56.0. The second kappa shape index (κ2) is 30.0. The first-order valence-electron chi connectivity index (χ1n) is 23.4. The van der Waals surface area contributed by atoms with Gasteiger partial charge in [-0.2, -0.15) is 0 Å². The van der Waals surface area contributed by atoms with Gasteiger partial charge in [-0.3, -0.25) is 33.9 Å². The number of ketones is 1. The number of amides is 3. The van der Waals surface area contributed by atoms with Crippen LogP contribution in [0, 0.1) is 0 Å². The summed E-state index contributed by atoms with van der Waals surface area (Å²) >= 11 is 0. The molecule has 4 N–H and O–H groups in total. The molecule has 3 amide bonds. The van der Waals surface area contributed by atoms with Crippen molar-refractivity contribution in [1.29, 1.82) is 0 Å². The number of rotatable bonds is 6. The molecule has 416 valence electrons. The van der Waals surface area contributed by atoms with Crippen LogP contribution in [0.25, 0.3) is 0 Å². The average Bonchev–Trinajstić information content (AvgIpc) is 3.21. The molecule has 72 heavy (non-hydrogen) atoms. The summed E-state index contributed by atoms with van der Waals surface area (Å²) in [7, 11) is 0. The van der Waals surface area contributed by atoms with Crippen molar-refractivity contribution in [2.75, 3.05) is 79.0 Å². The minimum absolute atomic E-state index is 0.00851. The lowest BCUT2D eigenvalue weighted by atomic mass is 10.1. The first kappa shape index (κ1) is 66.6. The van der Waals surface area contributed by atoms with E-state index in [0.717, 1.165) is 0 Å². The smallest absolute Gasteiger partial charge is 0.411 e. The Morgan fingerprint density at radius 3 is 1.03 bits per heavy atom. The Bertz CT molecular complexity index is 1730. The van der Waals surface area contributed by atoms with Crippen molar-refractivity contribution in [2.24, 2.45) is 0 Å². The van der Waals surface area contributed by atoms with Crippen molar-refractivity contribution < 1.29 is 101 Å². The average molecular weight is 1040 g/mol. The fourth-order valence-corrected chi connectivity index (χ4v) is 5.90. The van der Waals surface area contributed by atoms with Crippen molar-refractivity contribution in [1.82, 2.24) is 20.0 Å². The Morgan fingerprint density at radius 2 is 0.778 bits per heavy atom. The zero-order valence-electron chi connectivity index (χ0n) is 45.0. The number of hydrogen-bond acceptors (Lipinski definition) is 19. The van der Waals surface area contributed by atoms with Gasteiger partial charge in [0.25, 0.3) is 0 Å². The van der Waals surface area contributed by atoms with E-state index in [1.165, 1.54) is 21.6 Å². The summed E-state index contributed by atoms with van der Waals surface area (Å²) in [5.41, 5.74) is -2.90. The molecule has 4 rings (SSSR count). The van der Waals surface area contributed by atoms with E-state index in [4.69, 9.17) is 58.0 Å². The molecule has 4 saturated heterocycles. The van der Waals surface area contributed by atoms with Crippen molar-refractivity contribution in [3.63, 3.8) is 0 Å². The van der Waals surface area contributed by atoms with Gasteiger partial charge >= 0.3 is 48.1 Å². The lowest BCUT2D eigenvalue weighted by molar-refractivity contribution is -0.158. The maximum absolute atomic E-state index is 12.3. The maximum Gasteiger partial charge on any atom is 0.411 e. The SMILES string of the molecule is CC(=O)OC(C)(C)C.CC(C)(C)OC(=O)CC(=O)[C@@H]1COCCN1C(=O)OC(C)(C)C.CC(C)(C)OC(=O)N1CCOC[C@H]1C(=O)O.CC(C)(C)OC(=O)N1CCOC[C@H]1C(=O)O.O=C(O)[C@@H]1COCCN1. The number of hydrogen-bond donors (Lipinski definition) is 4. The predicted molar refractivity (Wildman–Crippen MR) is 255 cm³/mol. The molecule has 0 bridgehead atoms. The molecule has 0 spiro atoms.